The lowest BCUT2D eigenvalue weighted by Crippen LogP contribution is -2.11. The van der Waals surface area contributed by atoms with Gasteiger partial charge in [0.1, 0.15) is 0 Å². The maximum absolute atomic E-state index is 6.05. The van der Waals surface area contributed by atoms with Crippen LogP contribution in [0.25, 0.3) is 23.1 Å². The molecule has 1 heterocycles. The molecule has 0 radical (unpaired) electrons. The summed E-state index contributed by atoms with van der Waals surface area (Å²) in [5.41, 5.74) is 9.02. The van der Waals surface area contributed by atoms with Crippen molar-refractivity contribution in [1.82, 2.24) is 4.57 Å². The number of halogens is 1. The van der Waals surface area contributed by atoms with Crippen molar-refractivity contribution in [3.63, 3.8) is 0 Å². The number of allylic oxidation sites excluding steroid dienone is 2. The summed E-state index contributed by atoms with van der Waals surface area (Å²) in [7, 11) is 1.91. The topological polar surface area (TPSA) is 26.5 Å². The van der Waals surface area contributed by atoms with Gasteiger partial charge in [0.25, 0.3) is 0 Å². The summed E-state index contributed by atoms with van der Waals surface area (Å²) in [6.07, 6.45) is 11.1. The molecule has 1 unspecified atom stereocenters. The van der Waals surface area contributed by atoms with Gasteiger partial charge in [-0.25, -0.2) is 0 Å². The first-order valence-corrected chi connectivity index (χ1v) is 15.4. The number of ether oxygens (including phenoxy) is 1. The molecule has 5 rings (SSSR count). The van der Waals surface area contributed by atoms with Crippen molar-refractivity contribution in [2.24, 2.45) is 10.9 Å². The Morgan fingerprint density at radius 3 is 2.60 bits per heavy atom. The van der Waals surface area contributed by atoms with Crippen molar-refractivity contribution in [2.75, 3.05) is 26.0 Å². The molecule has 0 spiro atoms. The number of hydrogen-bond donors (Lipinski definition) is 0. The van der Waals surface area contributed by atoms with E-state index < -0.39 is 0 Å². The van der Waals surface area contributed by atoms with Gasteiger partial charge in [-0.2, -0.15) is 0 Å². The number of benzene rings is 3. The molecule has 3 aromatic carbocycles. The Balaban J connectivity index is 1.41. The Morgan fingerprint density at radius 2 is 1.82 bits per heavy atom. The molecule has 1 aliphatic carbocycles. The second kappa shape index (κ2) is 13.5. The molecule has 0 N–H and O–H groups in total. The van der Waals surface area contributed by atoms with E-state index in [1.165, 1.54) is 49.5 Å². The fraction of sp³-hybridized carbons (Fsp3) is 0.286. The van der Waals surface area contributed by atoms with E-state index in [0.29, 0.717) is 6.61 Å². The quantitative estimate of drug-likeness (QED) is 0.102. The number of aliphatic imine (C=N–C) groups is 1. The first kappa shape index (κ1) is 28.5. The second-order valence-electron chi connectivity index (χ2n) is 10.1. The molecule has 206 valence electrons. The molecule has 1 aromatic heterocycles. The van der Waals surface area contributed by atoms with Crippen molar-refractivity contribution < 1.29 is 4.74 Å². The van der Waals surface area contributed by atoms with Crippen LogP contribution >= 0.6 is 23.4 Å². The zero-order chi connectivity index (χ0) is 27.9. The number of rotatable bonds is 11. The number of hydrogen-bond acceptors (Lipinski definition) is 3. The Kier molecular flexibility index (Phi) is 9.64. The minimum absolute atomic E-state index is 0.175. The van der Waals surface area contributed by atoms with Crippen LogP contribution in [-0.4, -0.2) is 36.3 Å². The molecule has 0 fully saturated rings. The van der Waals surface area contributed by atoms with Gasteiger partial charge in [-0.3, -0.25) is 4.99 Å². The highest BCUT2D eigenvalue weighted by molar-refractivity contribution is 7.99. The normalized spacial score (nSPS) is 15.0. The van der Waals surface area contributed by atoms with Gasteiger partial charge in [-0.15, -0.1) is 11.8 Å². The van der Waals surface area contributed by atoms with E-state index in [9.17, 15) is 0 Å². The first-order valence-electron chi connectivity index (χ1n) is 14.0. The minimum atomic E-state index is 0.175. The zero-order valence-corrected chi connectivity index (χ0v) is 25.1. The zero-order valence-electron chi connectivity index (χ0n) is 23.6. The monoisotopic (exact) mass is 568 g/mol. The van der Waals surface area contributed by atoms with Crippen LogP contribution in [-0.2, 0) is 17.7 Å². The Hall–Kier alpha value is -3.05. The smallest absolute Gasteiger partial charge is 0.0645 e. The third-order valence-corrected chi connectivity index (χ3v) is 8.84. The summed E-state index contributed by atoms with van der Waals surface area (Å²) < 4.78 is 8.18. The third kappa shape index (κ3) is 6.63. The number of fused-ring (bicyclic) bond motifs is 3. The van der Waals surface area contributed by atoms with Gasteiger partial charge in [0, 0.05) is 69.7 Å². The fourth-order valence-corrected chi connectivity index (χ4v) is 6.40. The molecule has 40 heavy (non-hydrogen) atoms. The van der Waals surface area contributed by atoms with E-state index in [2.05, 4.69) is 97.3 Å². The van der Waals surface area contributed by atoms with Gasteiger partial charge in [0.2, 0.25) is 0 Å². The standard InChI is InChI=1S/C35H37ClN2OS/c1-4-39-21-20-38-34-18-11-27(33(37-3)19-22-40-30-14-12-29(36)13-15-30)10-16-31(34)32-24-26(9-17-35(32)38)23-28-8-6-5-7-25(28)2/h5-18,24,27H,4,19-23H2,1-3H3. The number of aryl methyl sites for hydroxylation is 1. The highest BCUT2D eigenvalue weighted by Crippen LogP contribution is 2.33. The van der Waals surface area contributed by atoms with Gasteiger partial charge in [0.15, 0.2) is 0 Å². The van der Waals surface area contributed by atoms with Crippen LogP contribution in [0.5, 0.6) is 0 Å². The van der Waals surface area contributed by atoms with Gasteiger partial charge >= 0.3 is 0 Å². The SMILES string of the molecule is CCOCCn1c2c(c3cc(Cc4ccccc4C)ccc31)C=CC(C(CCSc1ccc(Cl)cc1)=NC)C=C2. The van der Waals surface area contributed by atoms with Gasteiger partial charge in [-0.05, 0) is 85.9 Å². The van der Waals surface area contributed by atoms with Crippen LogP contribution in [0.3, 0.4) is 0 Å². The summed E-state index contributed by atoms with van der Waals surface area (Å²) in [5.74, 6) is 1.15. The predicted octanol–water partition coefficient (Wildman–Crippen LogP) is 9.14. The minimum Gasteiger partial charge on any atom is -0.380 e. The van der Waals surface area contributed by atoms with Crippen LogP contribution in [0.15, 0.2) is 88.8 Å². The number of thioether (sulfide) groups is 1. The van der Waals surface area contributed by atoms with Crippen molar-refractivity contribution in [1.29, 1.82) is 0 Å². The molecule has 1 atom stereocenters. The van der Waals surface area contributed by atoms with E-state index >= 15 is 0 Å². The van der Waals surface area contributed by atoms with E-state index in [-0.39, 0.29) is 5.92 Å². The molecule has 5 heteroatoms. The summed E-state index contributed by atoms with van der Waals surface area (Å²) in [6, 6.07) is 23.7. The second-order valence-corrected chi connectivity index (χ2v) is 11.7. The van der Waals surface area contributed by atoms with Crippen LogP contribution in [0.1, 0.15) is 41.3 Å². The lowest BCUT2D eigenvalue weighted by molar-refractivity contribution is 0.140. The Bertz CT molecular complexity index is 1550. The molecular weight excluding hydrogens is 532 g/mol. The first-order chi connectivity index (χ1) is 19.6. The number of aromatic nitrogens is 1. The average molecular weight is 569 g/mol. The average Bonchev–Trinajstić information content (AvgIpc) is 3.09. The highest BCUT2D eigenvalue weighted by atomic mass is 35.5. The van der Waals surface area contributed by atoms with Crippen molar-refractivity contribution >= 4 is 52.1 Å². The van der Waals surface area contributed by atoms with Crippen LogP contribution < -0.4 is 0 Å². The molecule has 3 nitrogen and oxygen atoms in total. The van der Waals surface area contributed by atoms with E-state index in [4.69, 9.17) is 21.3 Å². The van der Waals surface area contributed by atoms with Crippen molar-refractivity contribution in [3.8, 4) is 0 Å². The van der Waals surface area contributed by atoms with E-state index in [1.807, 2.05) is 30.9 Å². The summed E-state index contributed by atoms with van der Waals surface area (Å²) >= 11 is 7.89. The predicted molar refractivity (Wildman–Crippen MR) is 174 cm³/mol. The van der Waals surface area contributed by atoms with Crippen molar-refractivity contribution in [3.05, 3.63) is 112 Å². The molecule has 0 amide bonds. The Morgan fingerprint density at radius 1 is 1.02 bits per heavy atom. The lowest BCUT2D eigenvalue weighted by atomic mass is 9.98. The number of nitrogens with zero attached hydrogens (tertiary/aromatic N) is 2. The molecule has 0 saturated carbocycles. The maximum atomic E-state index is 6.05. The molecule has 0 bridgehead atoms. The van der Waals surface area contributed by atoms with E-state index in [1.54, 1.807) is 0 Å². The van der Waals surface area contributed by atoms with Crippen LogP contribution in [0, 0.1) is 12.8 Å². The molecule has 1 aliphatic rings. The molecule has 4 aromatic rings. The largest absolute Gasteiger partial charge is 0.380 e. The van der Waals surface area contributed by atoms with Crippen LogP contribution in [0.2, 0.25) is 5.02 Å². The summed E-state index contributed by atoms with van der Waals surface area (Å²) in [4.78, 5) is 5.95. The fourth-order valence-electron chi connectivity index (χ4n) is 5.39. The summed E-state index contributed by atoms with van der Waals surface area (Å²) in [5, 5.41) is 2.07. The maximum Gasteiger partial charge on any atom is 0.0645 e. The molecular formula is C35H37ClN2OS. The molecule has 0 saturated heterocycles. The lowest BCUT2D eigenvalue weighted by Gasteiger charge is -2.12. The highest BCUT2D eigenvalue weighted by Gasteiger charge is 2.19. The third-order valence-electron chi connectivity index (χ3n) is 7.57. The molecule has 0 aliphatic heterocycles. The van der Waals surface area contributed by atoms with Gasteiger partial charge in [-0.1, -0.05) is 60.2 Å². The van der Waals surface area contributed by atoms with Gasteiger partial charge < -0.3 is 9.30 Å². The van der Waals surface area contributed by atoms with Crippen molar-refractivity contribution in [2.45, 2.75) is 38.1 Å². The Labute approximate surface area is 247 Å². The van der Waals surface area contributed by atoms with Crippen LogP contribution in [0.4, 0.5) is 0 Å². The van der Waals surface area contributed by atoms with E-state index in [0.717, 1.165) is 36.8 Å². The summed E-state index contributed by atoms with van der Waals surface area (Å²) in [6.45, 7) is 6.49. The van der Waals surface area contributed by atoms with Gasteiger partial charge in [0.05, 0.1) is 6.61 Å².